The number of hydrogen-bond donors (Lipinski definition) is 2. The molecule has 6 nitrogen and oxygen atoms in total. The Morgan fingerprint density at radius 2 is 2.05 bits per heavy atom. The largest absolute Gasteiger partial charge is 0.479 e. The third kappa shape index (κ3) is 2.08. The molecule has 1 aromatic carbocycles. The van der Waals surface area contributed by atoms with Gasteiger partial charge in [0.2, 0.25) is 0 Å². The molecule has 0 radical (unpaired) electrons. The Kier molecular flexibility index (Phi) is 2.86. The lowest BCUT2D eigenvalue weighted by Gasteiger charge is -2.25. The van der Waals surface area contributed by atoms with Gasteiger partial charge in [-0.2, -0.15) is 0 Å². The van der Waals surface area contributed by atoms with Crippen LogP contribution in [0.3, 0.4) is 0 Å². The van der Waals surface area contributed by atoms with Gasteiger partial charge in [0.1, 0.15) is 5.82 Å². The van der Waals surface area contributed by atoms with E-state index in [1.54, 1.807) is 0 Å². The fraction of sp³-hybridized carbons (Fsp3) is 0.250. The third-order valence-corrected chi connectivity index (χ3v) is 2.86. The fourth-order valence-corrected chi connectivity index (χ4v) is 1.80. The van der Waals surface area contributed by atoms with E-state index in [1.165, 1.54) is 0 Å². The summed E-state index contributed by atoms with van der Waals surface area (Å²) < 4.78 is 13.2. The number of nitrogens with zero attached hydrogens (tertiary/aromatic N) is 1. The lowest BCUT2D eigenvalue weighted by Crippen LogP contribution is -2.48. The number of carboxylic acid groups (broad SMARTS) is 1. The van der Waals surface area contributed by atoms with Crippen LogP contribution >= 0.6 is 0 Å². The molecule has 1 aliphatic heterocycles. The van der Waals surface area contributed by atoms with Crippen molar-refractivity contribution in [2.24, 2.45) is 0 Å². The summed E-state index contributed by atoms with van der Waals surface area (Å²) in [5, 5.41) is 18.5. The van der Waals surface area contributed by atoms with Gasteiger partial charge in [-0.05, 0) is 25.1 Å². The number of hydrogen-bond acceptors (Lipinski definition) is 4. The summed E-state index contributed by atoms with van der Waals surface area (Å²) in [6.45, 7) is 0.355. The number of ketones is 1. The number of amides is 1. The van der Waals surface area contributed by atoms with Crippen LogP contribution in [-0.4, -0.2) is 40.0 Å². The van der Waals surface area contributed by atoms with Crippen molar-refractivity contribution in [1.82, 2.24) is 0 Å². The van der Waals surface area contributed by atoms with Crippen molar-refractivity contribution in [3.63, 3.8) is 0 Å². The molecule has 0 fully saturated rings. The quantitative estimate of drug-likeness (QED) is 0.762. The van der Waals surface area contributed by atoms with Crippen molar-refractivity contribution < 1.29 is 29.0 Å². The molecule has 1 aromatic rings. The number of halogens is 1. The molecule has 1 atom stereocenters. The smallest absolute Gasteiger partial charge is 0.337 e. The van der Waals surface area contributed by atoms with Gasteiger partial charge in [-0.25, -0.2) is 9.18 Å². The van der Waals surface area contributed by atoms with E-state index in [4.69, 9.17) is 5.11 Å². The molecule has 2 N–H and O–H groups in total. The number of carbonyl (C=O) groups is 3. The number of rotatable bonds is 3. The first-order valence-electron chi connectivity index (χ1n) is 5.35. The Hall–Kier alpha value is -2.28. The van der Waals surface area contributed by atoms with Crippen LogP contribution in [0, 0.1) is 5.82 Å². The van der Waals surface area contributed by atoms with Gasteiger partial charge in [-0.3, -0.25) is 9.59 Å². The van der Waals surface area contributed by atoms with Crippen molar-refractivity contribution in [2.45, 2.75) is 12.5 Å². The first-order chi connectivity index (χ1) is 8.74. The Labute approximate surface area is 107 Å². The molecular weight excluding hydrogens is 257 g/mol. The third-order valence-electron chi connectivity index (χ3n) is 2.86. The summed E-state index contributed by atoms with van der Waals surface area (Å²) in [4.78, 5) is 35.0. The predicted octanol–water partition coefficient (Wildman–Crippen LogP) is 0.191. The predicted molar refractivity (Wildman–Crippen MR) is 61.3 cm³/mol. The van der Waals surface area contributed by atoms with Crippen LogP contribution in [0.25, 0.3) is 0 Å². The van der Waals surface area contributed by atoms with Crippen LogP contribution in [0.15, 0.2) is 18.2 Å². The summed E-state index contributed by atoms with van der Waals surface area (Å²) >= 11 is 0. The normalized spacial score (nSPS) is 17.3. The average molecular weight is 267 g/mol. The van der Waals surface area contributed by atoms with Crippen molar-refractivity contribution in [3.8, 4) is 0 Å². The number of carbonyl (C=O) groups excluding carboxylic acids is 2. The number of aliphatic carboxylic acids is 1. The average Bonchev–Trinajstić information content (AvgIpc) is 2.54. The highest BCUT2D eigenvalue weighted by Crippen LogP contribution is 2.30. The minimum atomic E-state index is -2.23. The van der Waals surface area contributed by atoms with Crippen LogP contribution in [0.5, 0.6) is 0 Å². The standard InChI is InChI=1S/C12H10FNO5/c1-12(19,11(17)18)5-14-8-4-6(13)2-3-7(8)9(15)10(14)16/h2-4,19H,5H2,1H3,(H,17,18). The second-order valence-electron chi connectivity index (χ2n) is 4.46. The number of β-amino-alcohol motifs (C(OH)–C–C–N with tert-alkyl or cyclic N) is 1. The maximum absolute atomic E-state index is 13.2. The molecule has 0 saturated carbocycles. The van der Waals surface area contributed by atoms with Gasteiger partial charge >= 0.3 is 5.97 Å². The molecule has 100 valence electrons. The Morgan fingerprint density at radius 1 is 1.42 bits per heavy atom. The lowest BCUT2D eigenvalue weighted by atomic mass is 10.1. The zero-order valence-electron chi connectivity index (χ0n) is 9.88. The van der Waals surface area contributed by atoms with Crippen molar-refractivity contribution >= 4 is 23.3 Å². The number of benzene rings is 1. The van der Waals surface area contributed by atoms with Gasteiger partial charge in [0.25, 0.3) is 11.7 Å². The maximum atomic E-state index is 13.2. The minimum absolute atomic E-state index is 0.00686. The summed E-state index contributed by atoms with van der Waals surface area (Å²) in [7, 11) is 0. The van der Waals surface area contributed by atoms with Gasteiger partial charge in [0.05, 0.1) is 17.8 Å². The highest BCUT2D eigenvalue weighted by molar-refractivity contribution is 6.52. The topological polar surface area (TPSA) is 94.9 Å². The second-order valence-corrected chi connectivity index (χ2v) is 4.46. The number of aliphatic hydroxyl groups is 1. The highest BCUT2D eigenvalue weighted by Gasteiger charge is 2.42. The molecule has 1 amide bonds. The Balaban J connectivity index is 2.44. The van der Waals surface area contributed by atoms with E-state index in [9.17, 15) is 23.9 Å². The van der Waals surface area contributed by atoms with Gasteiger partial charge in [0, 0.05) is 0 Å². The van der Waals surface area contributed by atoms with Crippen LogP contribution in [0.1, 0.15) is 17.3 Å². The van der Waals surface area contributed by atoms with Gasteiger partial charge in [-0.15, -0.1) is 0 Å². The van der Waals surface area contributed by atoms with E-state index in [2.05, 4.69) is 0 Å². The Morgan fingerprint density at radius 3 is 2.63 bits per heavy atom. The fourth-order valence-electron chi connectivity index (χ4n) is 1.80. The van der Waals surface area contributed by atoms with Gasteiger partial charge < -0.3 is 15.1 Å². The molecule has 0 aliphatic carbocycles. The molecule has 1 aliphatic rings. The van der Waals surface area contributed by atoms with E-state index in [-0.39, 0.29) is 11.3 Å². The number of Topliss-reactive ketones (excluding diaryl/α,β-unsaturated/α-hetero) is 1. The van der Waals surface area contributed by atoms with Crippen LogP contribution in [0.2, 0.25) is 0 Å². The number of fused-ring (bicyclic) bond motifs is 1. The van der Waals surface area contributed by atoms with Crippen LogP contribution in [-0.2, 0) is 9.59 Å². The van der Waals surface area contributed by atoms with E-state index < -0.39 is 35.6 Å². The minimum Gasteiger partial charge on any atom is -0.479 e. The van der Waals surface area contributed by atoms with Crippen LogP contribution in [0.4, 0.5) is 10.1 Å². The zero-order chi connectivity index (χ0) is 14.4. The zero-order valence-corrected chi connectivity index (χ0v) is 9.88. The summed E-state index contributed by atoms with van der Waals surface area (Å²) in [5.41, 5.74) is -2.27. The van der Waals surface area contributed by atoms with Gasteiger partial charge in [-0.1, -0.05) is 0 Å². The van der Waals surface area contributed by atoms with Crippen molar-refractivity contribution in [2.75, 3.05) is 11.4 Å². The lowest BCUT2D eigenvalue weighted by molar-refractivity contribution is -0.155. The van der Waals surface area contributed by atoms with Gasteiger partial charge in [0.15, 0.2) is 5.60 Å². The first-order valence-corrected chi connectivity index (χ1v) is 5.35. The van der Waals surface area contributed by atoms with Crippen molar-refractivity contribution in [3.05, 3.63) is 29.6 Å². The molecule has 0 bridgehead atoms. The monoisotopic (exact) mass is 267 g/mol. The van der Waals surface area contributed by atoms with E-state index >= 15 is 0 Å². The molecule has 19 heavy (non-hydrogen) atoms. The summed E-state index contributed by atoms with van der Waals surface area (Å²) in [6.07, 6.45) is 0. The SMILES string of the molecule is CC(O)(CN1C(=O)C(=O)c2ccc(F)cc21)C(=O)O. The molecule has 0 aromatic heterocycles. The summed E-state index contributed by atoms with van der Waals surface area (Å²) in [6, 6.07) is 3.14. The van der Waals surface area contributed by atoms with E-state index in [1.807, 2.05) is 0 Å². The highest BCUT2D eigenvalue weighted by atomic mass is 19.1. The molecule has 0 saturated heterocycles. The molecule has 1 heterocycles. The molecular formula is C12H10FNO5. The number of carboxylic acids is 1. The molecule has 1 unspecified atom stereocenters. The van der Waals surface area contributed by atoms with Crippen molar-refractivity contribution in [1.29, 1.82) is 0 Å². The molecule has 2 rings (SSSR count). The molecule has 0 spiro atoms. The second kappa shape index (κ2) is 4.13. The Bertz CT molecular complexity index is 596. The maximum Gasteiger partial charge on any atom is 0.337 e. The number of anilines is 1. The van der Waals surface area contributed by atoms with E-state index in [0.717, 1.165) is 30.0 Å². The summed E-state index contributed by atoms with van der Waals surface area (Å²) in [5.74, 6) is -4.04. The molecule has 7 heteroatoms. The van der Waals surface area contributed by atoms with E-state index in [0.29, 0.717) is 0 Å². The van der Waals surface area contributed by atoms with Crippen LogP contribution < -0.4 is 4.90 Å². The first kappa shape index (κ1) is 13.2.